The summed E-state index contributed by atoms with van der Waals surface area (Å²) in [5, 5.41) is 9.40. The topological polar surface area (TPSA) is 83.6 Å². The van der Waals surface area contributed by atoms with Crippen LogP contribution in [0.4, 0.5) is 5.95 Å². The Bertz CT molecular complexity index is 766. The SMILES string of the molecule is Cc1cccc(C(=O)Nc2n[nH]c(-c3ccccc3)n2)n1. The number of aromatic amines is 1. The van der Waals surface area contributed by atoms with Crippen molar-refractivity contribution >= 4 is 11.9 Å². The predicted octanol–water partition coefficient (Wildman–Crippen LogP) is 2.43. The van der Waals surface area contributed by atoms with E-state index in [0.717, 1.165) is 11.3 Å². The van der Waals surface area contributed by atoms with Gasteiger partial charge in [-0.25, -0.2) is 4.98 Å². The molecule has 21 heavy (non-hydrogen) atoms. The van der Waals surface area contributed by atoms with Gasteiger partial charge >= 0.3 is 0 Å². The molecule has 0 saturated heterocycles. The summed E-state index contributed by atoms with van der Waals surface area (Å²) in [6.07, 6.45) is 0. The molecule has 0 aliphatic carbocycles. The molecule has 2 N–H and O–H groups in total. The number of anilines is 1. The highest BCUT2D eigenvalue weighted by molar-refractivity contribution is 6.01. The summed E-state index contributed by atoms with van der Waals surface area (Å²) < 4.78 is 0. The van der Waals surface area contributed by atoms with Crippen molar-refractivity contribution in [3.8, 4) is 11.4 Å². The van der Waals surface area contributed by atoms with Crippen LogP contribution in [0, 0.1) is 6.92 Å². The Hall–Kier alpha value is -3.02. The standard InChI is InChI=1S/C15H13N5O/c1-10-6-5-9-12(16-10)14(21)18-15-17-13(19-20-15)11-7-3-2-4-8-11/h2-9H,1H3,(H2,17,18,19,20,21). The average Bonchev–Trinajstić information content (AvgIpc) is 2.97. The van der Waals surface area contributed by atoms with E-state index >= 15 is 0 Å². The van der Waals surface area contributed by atoms with Crippen LogP contribution in [0.25, 0.3) is 11.4 Å². The molecule has 6 heteroatoms. The summed E-state index contributed by atoms with van der Waals surface area (Å²) in [7, 11) is 0. The van der Waals surface area contributed by atoms with Crippen LogP contribution in [0.2, 0.25) is 0 Å². The molecule has 104 valence electrons. The Balaban J connectivity index is 1.77. The highest BCUT2D eigenvalue weighted by atomic mass is 16.2. The average molecular weight is 279 g/mol. The van der Waals surface area contributed by atoms with Crippen molar-refractivity contribution in [3.63, 3.8) is 0 Å². The number of hydrogen-bond acceptors (Lipinski definition) is 4. The first kappa shape index (κ1) is 13.0. The van der Waals surface area contributed by atoms with Crippen molar-refractivity contribution in [2.45, 2.75) is 6.92 Å². The molecule has 0 atom stereocenters. The molecule has 0 fully saturated rings. The van der Waals surface area contributed by atoms with Gasteiger partial charge in [0.25, 0.3) is 5.91 Å². The molecule has 2 heterocycles. The lowest BCUT2D eigenvalue weighted by atomic mass is 10.2. The van der Waals surface area contributed by atoms with Gasteiger partial charge in [0, 0.05) is 11.3 Å². The Labute approximate surface area is 121 Å². The largest absolute Gasteiger partial charge is 0.288 e. The van der Waals surface area contributed by atoms with Gasteiger partial charge in [0.15, 0.2) is 5.82 Å². The zero-order valence-corrected chi connectivity index (χ0v) is 11.4. The van der Waals surface area contributed by atoms with E-state index in [4.69, 9.17) is 0 Å². The number of H-pyrrole nitrogens is 1. The Morgan fingerprint density at radius 2 is 1.86 bits per heavy atom. The second-order valence-electron chi connectivity index (χ2n) is 4.49. The quantitative estimate of drug-likeness (QED) is 0.771. The van der Waals surface area contributed by atoms with E-state index in [1.54, 1.807) is 12.1 Å². The van der Waals surface area contributed by atoms with Gasteiger partial charge in [-0.2, -0.15) is 4.98 Å². The van der Waals surface area contributed by atoms with E-state index < -0.39 is 0 Å². The van der Waals surface area contributed by atoms with Gasteiger partial charge in [-0.1, -0.05) is 36.4 Å². The summed E-state index contributed by atoms with van der Waals surface area (Å²) in [5.74, 6) is 0.488. The molecule has 3 rings (SSSR count). The van der Waals surface area contributed by atoms with Gasteiger partial charge in [0.05, 0.1) is 0 Å². The maximum Gasteiger partial charge on any atom is 0.276 e. The second kappa shape index (κ2) is 5.54. The fraction of sp³-hybridized carbons (Fsp3) is 0.0667. The summed E-state index contributed by atoms with van der Waals surface area (Å²) in [4.78, 5) is 20.4. The zero-order valence-electron chi connectivity index (χ0n) is 11.4. The lowest BCUT2D eigenvalue weighted by Crippen LogP contribution is -2.14. The summed E-state index contributed by atoms with van der Waals surface area (Å²) in [5.41, 5.74) is 2.02. The lowest BCUT2D eigenvalue weighted by Gasteiger charge is -2.00. The molecule has 0 aliphatic rings. The van der Waals surface area contributed by atoms with Crippen LogP contribution in [0.3, 0.4) is 0 Å². The maximum absolute atomic E-state index is 12.0. The third kappa shape index (κ3) is 2.94. The smallest absolute Gasteiger partial charge is 0.276 e. The first-order chi connectivity index (χ1) is 10.2. The monoisotopic (exact) mass is 279 g/mol. The van der Waals surface area contributed by atoms with Gasteiger partial charge in [0.2, 0.25) is 5.95 Å². The van der Waals surface area contributed by atoms with Crippen LogP contribution < -0.4 is 5.32 Å². The van der Waals surface area contributed by atoms with Crippen LogP contribution in [-0.2, 0) is 0 Å². The molecule has 1 aromatic carbocycles. The molecule has 0 radical (unpaired) electrons. The third-order valence-corrected chi connectivity index (χ3v) is 2.88. The first-order valence-corrected chi connectivity index (χ1v) is 6.45. The zero-order chi connectivity index (χ0) is 14.7. The molecule has 0 aliphatic heterocycles. The van der Waals surface area contributed by atoms with E-state index in [9.17, 15) is 4.79 Å². The first-order valence-electron chi connectivity index (χ1n) is 6.45. The number of rotatable bonds is 3. The molecule has 6 nitrogen and oxygen atoms in total. The molecular weight excluding hydrogens is 266 g/mol. The van der Waals surface area contributed by atoms with E-state index in [1.807, 2.05) is 43.3 Å². The number of benzene rings is 1. The van der Waals surface area contributed by atoms with Gasteiger partial charge in [-0.3, -0.25) is 15.2 Å². The van der Waals surface area contributed by atoms with Gasteiger partial charge in [0.1, 0.15) is 5.69 Å². The van der Waals surface area contributed by atoms with E-state index in [-0.39, 0.29) is 11.9 Å². The fourth-order valence-electron chi connectivity index (χ4n) is 1.88. The number of aromatic nitrogens is 4. The van der Waals surface area contributed by atoms with E-state index in [0.29, 0.717) is 11.5 Å². The molecule has 0 spiro atoms. The molecule has 3 aromatic rings. The highest BCUT2D eigenvalue weighted by Gasteiger charge is 2.11. The van der Waals surface area contributed by atoms with Crippen LogP contribution in [0.15, 0.2) is 48.5 Å². The van der Waals surface area contributed by atoms with Crippen molar-refractivity contribution < 1.29 is 4.79 Å². The van der Waals surface area contributed by atoms with Crippen molar-refractivity contribution in [2.24, 2.45) is 0 Å². The van der Waals surface area contributed by atoms with Crippen LogP contribution in [0.1, 0.15) is 16.2 Å². The number of nitrogens with one attached hydrogen (secondary N) is 2. The molecule has 2 aromatic heterocycles. The third-order valence-electron chi connectivity index (χ3n) is 2.88. The van der Waals surface area contributed by atoms with Gasteiger partial charge in [-0.15, -0.1) is 5.10 Å². The summed E-state index contributed by atoms with van der Waals surface area (Å²) in [6.45, 7) is 1.83. The Morgan fingerprint density at radius 3 is 2.62 bits per heavy atom. The van der Waals surface area contributed by atoms with Gasteiger partial charge < -0.3 is 0 Å². The number of pyridine rings is 1. The minimum Gasteiger partial charge on any atom is -0.288 e. The van der Waals surface area contributed by atoms with E-state index in [2.05, 4.69) is 25.5 Å². The Morgan fingerprint density at radius 1 is 1.05 bits per heavy atom. The minimum absolute atomic E-state index is 0.224. The molecule has 1 amide bonds. The summed E-state index contributed by atoms with van der Waals surface area (Å²) >= 11 is 0. The van der Waals surface area contributed by atoms with Crippen molar-refractivity contribution in [3.05, 3.63) is 59.9 Å². The Kier molecular flexibility index (Phi) is 3.42. The fourth-order valence-corrected chi connectivity index (χ4v) is 1.88. The van der Waals surface area contributed by atoms with E-state index in [1.165, 1.54) is 0 Å². The van der Waals surface area contributed by atoms with Crippen molar-refractivity contribution in [2.75, 3.05) is 5.32 Å². The number of carbonyl (C=O) groups is 1. The number of nitrogens with zero attached hydrogens (tertiary/aromatic N) is 3. The number of amides is 1. The summed E-state index contributed by atoms with van der Waals surface area (Å²) in [6, 6.07) is 14.8. The molecule has 0 bridgehead atoms. The lowest BCUT2D eigenvalue weighted by molar-refractivity contribution is 0.102. The maximum atomic E-state index is 12.0. The molecule has 0 saturated carbocycles. The molecule has 0 unspecified atom stereocenters. The molecular formula is C15H13N5O. The number of carbonyl (C=O) groups excluding carboxylic acids is 1. The normalized spacial score (nSPS) is 10.3. The van der Waals surface area contributed by atoms with Crippen molar-refractivity contribution in [1.82, 2.24) is 20.2 Å². The van der Waals surface area contributed by atoms with Crippen LogP contribution >= 0.6 is 0 Å². The highest BCUT2D eigenvalue weighted by Crippen LogP contribution is 2.15. The minimum atomic E-state index is -0.336. The van der Waals surface area contributed by atoms with Gasteiger partial charge in [-0.05, 0) is 19.1 Å². The number of hydrogen-bond donors (Lipinski definition) is 2. The predicted molar refractivity (Wildman–Crippen MR) is 78.7 cm³/mol. The van der Waals surface area contributed by atoms with Crippen LogP contribution in [-0.4, -0.2) is 26.1 Å². The number of aryl methyl sites for hydroxylation is 1. The van der Waals surface area contributed by atoms with Crippen molar-refractivity contribution in [1.29, 1.82) is 0 Å². The second-order valence-corrected chi connectivity index (χ2v) is 4.49. The van der Waals surface area contributed by atoms with Crippen LogP contribution in [0.5, 0.6) is 0 Å².